The van der Waals surface area contributed by atoms with E-state index >= 15 is 0 Å². The van der Waals surface area contributed by atoms with Gasteiger partial charge in [0.25, 0.3) is 0 Å². The number of benzene rings is 1. The first-order valence-electron chi connectivity index (χ1n) is 4.06. The Kier molecular flexibility index (Phi) is 1.77. The first kappa shape index (κ1) is 7.86. The summed E-state index contributed by atoms with van der Waals surface area (Å²) in [5.74, 6) is 0. The Balaban J connectivity index is 2.62. The van der Waals surface area contributed by atoms with Gasteiger partial charge in [-0.05, 0) is 25.1 Å². The standard InChI is InChI=1S/C10H10N2O/c1-7-2-3-10-8(4-7)5-9(12-10)6-11-13/h2-6,12-13H,1H3/b11-6-. The SMILES string of the molecule is Cc1ccc2[nH]c(/C=N\O)cc2c1. The lowest BCUT2D eigenvalue weighted by Crippen LogP contribution is -1.77. The Hall–Kier alpha value is -1.77. The van der Waals surface area contributed by atoms with Crippen LogP contribution in [-0.2, 0) is 0 Å². The molecule has 0 atom stereocenters. The van der Waals surface area contributed by atoms with Gasteiger partial charge in [-0.1, -0.05) is 16.8 Å². The van der Waals surface area contributed by atoms with Gasteiger partial charge < -0.3 is 10.2 Å². The molecule has 66 valence electrons. The molecular weight excluding hydrogens is 164 g/mol. The van der Waals surface area contributed by atoms with Crippen LogP contribution >= 0.6 is 0 Å². The summed E-state index contributed by atoms with van der Waals surface area (Å²) in [6.07, 6.45) is 1.38. The monoisotopic (exact) mass is 174 g/mol. The Labute approximate surface area is 75.7 Å². The van der Waals surface area contributed by atoms with Gasteiger partial charge >= 0.3 is 0 Å². The fourth-order valence-corrected chi connectivity index (χ4v) is 1.41. The summed E-state index contributed by atoms with van der Waals surface area (Å²) in [5, 5.41) is 12.5. The summed E-state index contributed by atoms with van der Waals surface area (Å²) in [6.45, 7) is 2.05. The molecule has 0 fully saturated rings. The van der Waals surface area contributed by atoms with Crippen LogP contribution in [0.4, 0.5) is 0 Å². The topological polar surface area (TPSA) is 48.4 Å². The summed E-state index contributed by atoms with van der Waals surface area (Å²) in [7, 11) is 0. The molecule has 1 aromatic heterocycles. The number of hydrogen-bond donors (Lipinski definition) is 2. The molecule has 0 saturated carbocycles. The van der Waals surface area contributed by atoms with E-state index in [1.54, 1.807) is 0 Å². The molecule has 0 amide bonds. The van der Waals surface area contributed by atoms with E-state index in [2.05, 4.69) is 16.2 Å². The average Bonchev–Trinajstić information content (AvgIpc) is 2.46. The number of hydrogen-bond acceptors (Lipinski definition) is 2. The molecule has 0 saturated heterocycles. The summed E-state index contributed by atoms with van der Waals surface area (Å²) in [6, 6.07) is 8.08. The highest BCUT2D eigenvalue weighted by atomic mass is 16.4. The number of nitrogens with one attached hydrogen (secondary N) is 1. The number of aryl methyl sites for hydroxylation is 1. The highest BCUT2D eigenvalue weighted by Crippen LogP contribution is 2.15. The minimum Gasteiger partial charge on any atom is -0.411 e. The molecule has 0 spiro atoms. The second-order valence-electron chi connectivity index (χ2n) is 3.06. The molecule has 1 heterocycles. The Morgan fingerprint density at radius 3 is 3.00 bits per heavy atom. The maximum absolute atomic E-state index is 8.35. The van der Waals surface area contributed by atoms with Gasteiger partial charge in [0, 0.05) is 10.9 Å². The summed E-state index contributed by atoms with van der Waals surface area (Å²) >= 11 is 0. The van der Waals surface area contributed by atoms with Gasteiger partial charge in [-0.15, -0.1) is 0 Å². The lowest BCUT2D eigenvalue weighted by Gasteiger charge is -1.90. The average molecular weight is 174 g/mol. The smallest absolute Gasteiger partial charge is 0.0896 e. The van der Waals surface area contributed by atoms with Crippen LogP contribution < -0.4 is 0 Å². The van der Waals surface area contributed by atoms with E-state index < -0.39 is 0 Å². The zero-order chi connectivity index (χ0) is 9.26. The van der Waals surface area contributed by atoms with Crippen LogP contribution in [0, 0.1) is 6.92 Å². The van der Waals surface area contributed by atoms with Crippen LogP contribution in [0.25, 0.3) is 10.9 Å². The van der Waals surface area contributed by atoms with Crippen molar-refractivity contribution in [1.82, 2.24) is 4.98 Å². The van der Waals surface area contributed by atoms with E-state index in [9.17, 15) is 0 Å². The van der Waals surface area contributed by atoms with Crippen molar-refractivity contribution in [2.75, 3.05) is 0 Å². The second-order valence-corrected chi connectivity index (χ2v) is 3.06. The Morgan fingerprint density at radius 1 is 1.38 bits per heavy atom. The Morgan fingerprint density at radius 2 is 2.23 bits per heavy atom. The molecule has 0 aliphatic heterocycles. The predicted octanol–water partition coefficient (Wildman–Crippen LogP) is 2.28. The van der Waals surface area contributed by atoms with Crippen molar-refractivity contribution in [2.45, 2.75) is 6.92 Å². The lowest BCUT2D eigenvalue weighted by molar-refractivity contribution is 0.321. The van der Waals surface area contributed by atoms with E-state index in [0.717, 1.165) is 16.6 Å². The molecule has 13 heavy (non-hydrogen) atoms. The van der Waals surface area contributed by atoms with Crippen molar-refractivity contribution in [1.29, 1.82) is 0 Å². The normalized spacial score (nSPS) is 11.5. The minimum atomic E-state index is 0.808. The van der Waals surface area contributed by atoms with Crippen LogP contribution in [0.5, 0.6) is 0 Å². The van der Waals surface area contributed by atoms with Crippen molar-refractivity contribution in [3.8, 4) is 0 Å². The molecule has 3 heteroatoms. The molecule has 2 rings (SSSR count). The number of aromatic nitrogens is 1. The molecule has 0 aliphatic carbocycles. The third-order valence-electron chi connectivity index (χ3n) is 1.99. The molecule has 0 aliphatic rings. The first-order valence-corrected chi connectivity index (χ1v) is 4.06. The highest BCUT2D eigenvalue weighted by Gasteiger charge is 1.97. The van der Waals surface area contributed by atoms with Crippen molar-refractivity contribution >= 4 is 17.1 Å². The van der Waals surface area contributed by atoms with E-state index in [0.29, 0.717) is 0 Å². The van der Waals surface area contributed by atoms with E-state index in [1.165, 1.54) is 11.8 Å². The van der Waals surface area contributed by atoms with E-state index in [4.69, 9.17) is 5.21 Å². The van der Waals surface area contributed by atoms with E-state index in [1.807, 2.05) is 25.1 Å². The predicted molar refractivity (Wildman–Crippen MR) is 52.4 cm³/mol. The van der Waals surface area contributed by atoms with Crippen molar-refractivity contribution in [2.24, 2.45) is 5.16 Å². The zero-order valence-corrected chi connectivity index (χ0v) is 7.28. The van der Waals surface area contributed by atoms with Crippen LogP contribution in [0.15, 0.2) is 29.4 Å². The third-order valence-corrected chi connectivity index (χ3v) is 1.99. The van der Waals surface area contributed by atoms with E-state index in [-0.39, 0.29) is 0 Å². The summed E-state index contributed by atoms with van der Waals surface area (Å²) < 4.78 is 0. The lowest BCUT2D eigenvalue weighted by atomic mass is 10.2. The molecule has 2 N–H and O–H groups in total. The van der Waals surface area contributed by atoms with Crippen molar-refractivity contribution in [3.05, 3.63) is 35.5 Å². The van der Waals surface area contributed by atoms with Gasteiger partial charge in [-0.25, -0.2) is 0 Å². The largest absolute Gasteiger partial charge is 0.411 e. The van der Waals surface area contributed by atoms with Gasteiger partial charge in [0.1, 0.15) is 0 Å². The van der Waals surface area contributed by atoms with Gasteiger partial charge in [0.15, 0.2) is 0 Å². The molecule has 0 unspecified atom stereocenters. The molecule has 3 nitrogen and oxygen atoms in total. The van der Waals surface area contributed by atoms with Crippen LogP contribution in [0.3, 0.4) is 0 Å². The van der Waals surface area contributed by atoms with Crippen LogP contribution in [0.2, 0.25) is 0 Å². The van der Waals surface area contributed by atoms with Gasteiger partial charge in [0.2, 0.25) is 0 Å². The summed E-state index contributed by atoms with van der Waals surface area (Å²) in [5.41, 5.74) is 3.09. The van der Waals surface area contributed by atoms with Crippen LogP contribution in [-0.4, -0.2) is 16.4 Å². The van der Waals surface area contributed by atoms with Crippen molar-refractivity contribution < 1.29 is 5.21 Å². The number of aromatic amines is 1. The molecule has 2 aromatic rings. The number of fused-ring (bicyclic) bond motifs is 1. The van der Waals surface area contributed by atoms with Gasteiger partial charge in [-0.3, -0.25) is 0 Å². The Bertz CT molecular complexity index is 457. The maximum atomic E-state index is 8.35. The fourth-order valence-electron chi connectivity index (χ4n) is 1.41. The van der Waals surface area contributed by atoms with Crippen LogP contribution in [0.1, 0.15) is 11.3 Å². The van der Waals surface area contributed by atoms with Crippen molar-refractivity contribution in [3.63, 3.8) is 0 Å². The number of oxime groups is 1. The second kappa shape index (κ2) is 2.94. The zero-order valence-electron chi connectivity index (χ0n) is 7.28. The number of rotatable bonds is 1. The van der Waals surface area contributed by atoms with Gasteiger partial charge in [-0.2, -0.15) is 0 Å². The molecular formula is C10H10N2O. The quantitative estimate of drug-likeness (QED) is 0.389. The minimum absolute atomic E-state index is 0.808. The molecule has 0 bridgehead atoms. The third kappa shape index (κ3) is 1.40. The fraction of sp³-hybridized carbons (Fsp3) is 0.100. The van der Waals surface area contributed by atoms with Gasteiger partial charge in [0.05, 0.1) is 11.9 Å². The molecule has 0 radical (unpaired) electrons. The maximum Gasteiger partial charge on any atom is 0.0896 e. The molecule has 1 aromatic carbocycles. The first-order chi connectivity index (χ1) is 6.29. The number of nitrogens with zero attached hydrogens (tertiary/aromatic N) is 1. The highest BCUT2D eigenvalue weighted by molar-refractivity contribution is 5.89. The summed E-state index contributed by atoms with van der Waals surface area (Å²) in [4.78, 5) is 3.11. The number of H-pyrrole nitrogens is 1.